The zero-order chi connectivity index (χ0) is 20.0. The molecule has 0 spiro atoms. The number of hydrogen-bond acceptors (Lipinski definition) is 4. The molecule has 0 amide bonds. The fraction of sp³-hybridized carbons (Fsp3) is 0.667. The second-order valence-corrected chi connectivity index (χ2v) is 10.3. The van der Waals surface area contributed by atoms with Crippen LogP contribution in [0.4, 0.5) is 0 Å². The highest BCUT2D eigenvalue weighted by Gasteiger charge is 2.29. The fourth-order valence-electron chi connectivity index (χ4n) is 4.05. The molecule has 2 fully saturated rings. The number of halogens is 1. The maximum atomic E-state index is 11.8. The molecule has 0 bridgehead atoms. The van der Waals surface area contributed by atoms with Crippen molar-refractivity contribution in [3.63, 3.8) is 0 Å². The average molecular weight is 535 g/mol. The first-order chi connectivity index (χ1) is 13.5. The number of likely N-dealkylation sites (tertiary alicyclic amines) is 1. The first-order valence-corrected chi connectivity index (χ1v) is 12.3. The van der Waals surface area contributed by atoms with Gasteiger partial charge in [0, 0.05) is 12.6 Å². The van der Waals surface area contributed by atoms with Crippen LogP contribution in [0, 0.1) is 5.92 Å². The van der Waals surface area contributed by atoms with E-state index in [0.29, 0.717) is 13.0 Å². The van der Waals surface area contributed by atoms with E-state index < -0.39 is 9.84 Å². The highest BCUT2D eigenvalue weighted by molar-refractivity contribution is 14.0. The molecule has 2 unspecified atom stereocenters. The molecule has 1 aromatic rings. The number of guanidine groups is 1. The van der Waals surface area contributed by atoms with Crippen molar-refractivity contribution in [3.8, 4) is 0 Å². The lowest BCUT2D eigenvalue weighted by Crippen LogP contribution is -2.44. The number of nitrogens with one attached hydrogen (secondary N) is 2. The second kappa shape index (κ2) is 11.5. The van der Waals surface area contributed by atoms with Crippen LogP contribution >= 0.6 is 24.0 Å². The molecule has 0 radical (unpaired) electrons. The molecule has 2 heterocycles. The summed E-state index contributed by atoms with van der Waals surface area (Å²) >= 11 is 0. The molecule has 2 saturated heterocycles. The Bertz CT molecular complexity index is 749. The number of sulfone groups is 1. The van der Waals surface area contributed by atoms with Crippen LogP contribution in [0.25, 0.3) is 0 Å². The van der Waals surface area contributed by atoms with Gasteiger partial charge in [-0.2, -0.15) is 0 Å². The molecule has 2 atom stereocenters. The Kier molecular flexibility index (Phi) is 9.68. The van der Waals surface area contributed by atoms with E-state index in [1.807, 2.05) is 13.0 Å². The normalized spacial score (nSPS) is 23.9. The van der Waals surface area contributed by atoms with Crippen LogP contribution in [-0.4, -0.2) is 63.0 Å². The minimum absolute atomic E-state index is 0. The molecule has 6 nitrogen and oxygen atoms in total. The van der Waals surface area contributed by atoms with E-state index >= 15 is 0 Å². The molecule has 164 valence electrons. The first kappa shape index (κ1) is 24.4. The van der Waals surface area contributed by atoms with Gasteiger partial charge in [0.2, 0.25) is 0 Å². The van der Waals surface area contributed by atoms with Crippen LogP contribution in [0.1, 0.15) is 44.7 Å². The summed E-state index contributed by atoms with van der Waals surface area (Å²) in [7, 11) is -2.91. The third-order valence-corrected chi connectivity index (χ3v) is 7.55. The molecular weight excluding hydrogens is 499 g/mol. The zero-order valence-corrected chi connectivity index (χ0v) is 20.7. The molecule has 2 aliphatic rings. The first-order valence-electron chi connectivity index (χ1n) is 10.5. The quantitative estimate of drug-likeness (QED) is 0.334. The molecule has 0 aromatic heterocycles. The van der Waals surface area contributed by atoms with Crippen molar-refractivity contribution in [3.05, 3.63) is 35.9 Å². The molecule has 0 aliphatic carbocycles. The highest BCUT2D eigenvalue weighted by Crippen LogP contribution is 2.27. The van der Waals surface area contributed by atoms with Gasteiger partial charge in [-0.1, -0.05) is 37.3 Å². The number of piperidine rings is 1. The van der Waals surface area contributed by atoms with Crippen LogP contribution in [0.15, 0.2) is 35.3 Å². The van der Waals surface area contributed by atoms with Gasteiger partial charge in [-0.15, -0.1) is 24.0 Å². The summed E-state index contributed by atoms with van der Waals surface area (Å²) in [5, 5.41) is 6.61. The molecule has 0 saturated carbocycles. The summed E-state index contributed by atoms with van der Waals surface area (Å²) in [6, 6.07) is 10.8. The van der Waals surface area contributed by atoms with Crippen molar-refractivity contribution in [1.29, 1.82) is 0 Å². The van der Waals surface area contributed by atoms with Crippen molar-refractivity contribution in [2.24, 2.45) is 10.9 Å². The minimum Gasteiger partial charge on any atom is -0.357 e. The summed E-state index contributed by atoms with van der Waals surface area (Å²) in [4.78, 5) is 7.40. The van der Waals surface area contributed by atoms with Gasteiger partial charge < -0.3 is 10.6 Å². The maximum absolute atomic E-state index is 11.8. The minimum atomic E-state index is -2.91. The van der Waals surface area contributed by atoms with Gasteiger partial charge in [0.15, 0.2) is 15.8 Å². The Morgan fingerprint density at radius 1 is 1.21 bits per heavy atom. The zero-order valence-electron chi connectivity index (χ0n) is 17.5. The predicted octanol–water partition coefficient (Wildman–Crippen LogP) is 2.82. The molecule has 2 N–H and O–H groups in total. The highest BCUT2D eigenvalue weighted by atomic mass is 127. The van der Waals surface area contributed by atoms with Gasteiger partial charge >= 0.3 is 0 Å². The van der Waals surface area contributed by atoms with E-state index in [-0.39, 0.29) is 47.6 Å². The fourth-order valence-corrected chi connectivity index (χ4v) is 5.72. The number of aliphatic imine (C=N–C) groups is 1. The Hall–Kier alpha value is -0.870. The van der Waals surface area contributed by atoms with Crippen LogP contribution in [0.2, 0.25) is 0 Å². The van der Waals surface area contributed by atoms with E-state index in [4.69, 9.17) is 4.99 Å². The van der Waals surface area contributed by atoms with Gasteiger partial charge in [-0.05, 0) is 50.8 Å². The van der Waals surface area contributed by atoms with Crippen molar-refractivity contribution in [1.82, 2.24) is 15.5 Å². The van der Waals surface area contributed by atoms with Crippen molar-refractivity contribution in [2.75, 3.05) is 37.7 Å². The van der Waals surface area contributed by atoms with Gasteiger partial charge in [-0.25, -0.2) is 8.42 Å². The summed E-state index contributed by atoms with van der Waals surface area (Å²) in [6.07, 6.45) is 3.11. The SMILES string of the molecule is CCNC(=NCC(c1ccccc1)N1CCC(C)CC1)NC1CCS(=O)(=O)C1.I. The molecule has 3 rings (SSSR count). The van der Waals surface area contributed by atoms with Gasteiger partial charge in [0.05, 0.1) is 24.1 Å². The lowest BCUT2D eigenvalue weighted by atomic mass is 9.96. The number of hydrogen-bond donors (Lipinski definition) is 2. The summed E-state index contributed by atoms with van der Waals surface area (Å²) in [5.41, 5.74) is 1.29. The Balaban J connectivity index is 0.00000300. The van der Waals surface area contributed by atoms with Gasteiger partial charge in [0.25, 0.3) is 0 Å². The third kappa shape index (κ3) is 7.40. The lowest BCUT2D eigenvalue weighted by molar-refractivity contribution is 0.141. The largest absolute Gasteiger partial charge is 0.357 e. The van der Waals surface area contributed by atoms with E-state index in [1.165, 1.54) is 18.4 Å². The smallest absolute Gasteiger partial charge is 0.191 e. The summed E-state index contributed by atoms with van der Waals surface area (Å²) in [5.74, 6) is 1.97. The maximum Gasteiger partial charge on any atom is 0.191 e. The van der Waals surface area contributed by atoms with E-state index in [9.17, 15) is 8.42 Å². The van der Waals surface area contributed by atoms with Gasteiger partial charge in [-0.3, -0.25) is 9.89 Å². The summed E-state index contributed by atoms with van der Waals surface area (Å²) < 4.78 is 23.5. The monoisotopic (exact) mass is 534 g/mol. The molecule has 2 aliphatic heterocycles. The van der Waals surface area contributed by atoms with Crippen LogP contribution in [0.3, 0.4) is 0 Å². The molecule has 29 heavy (non-hydrogen) atoms. The standard InChI is InChI=1S/C21H34N4O2S.HI/c1-3-22-21(24-19-11-14-28(26,27)16-19)23-15-20(18-7-5-4-6-8-18)25-12-9-17(2)10-13-25;/h4-8,17,19-20H,3,9-16H2,1-2H3,(H2,22,23,24);1H. The van der Waals surface area contributed by atoms with Crippen LogP contribution in [0.5, 0.6) is 0 Å². The van der Waals surface area contributed by atoms with Crippen molar-refractivity contribution in [2.45, 2.75) is 45.2 Å². The number of nitrogens with zero attached hydrogens (tertiary/aromatic N) is 2. The lowest BCUT2D eigenvalue weighted by Gasteiger charge is -2.36. The van der Waals surface area contributed by atoms with E-state index in [0.717, 1.165) is 31.5 Å². The Morgan fingerprint density at radius 3 is 2.48 bits per heavy atom. The topological polar surface area (TPSA) is 73.8 Å². The van der Waals surface area contributed by atoms with Crippen LogP contribution < -0.4 is 10.6 Å². The van der Waals surface area contributed by atoms with Crippen LogP contribution in [-0.2, 0) is 9.84 Å². The predicted molar refractivity (Wildman–Crippen MR) is 131 cm³/mol. The van der Waals surface area contributed by atoms with E-state index in [1.54, 1.807) is 0 Å². The Morgan fingerprint density at radius 2 is 1.90 bits per heavy atom. The average Bonchev–Trinajstić information content (AvgIpc) is 3.02. The number of rotatable bonds is 6. The third-order valence-electron chi connectivity index (χ3n) is 5.78. The molecule has 1 aromatic carbocycles. The Labute approximate surface area is 192 Å². The van der Waals surface area contributed by atoms with Crippen molar-refractivity contribution >= 4 is 39.8 Å². The number of benzene rings is 1. The van der Waals surface area contributed by atoms with Gasteiger partial charge in [0.1, 0.15) is 0 Å². The molecular formula is C21H35IN4O2S. The van der Waals surface area contributed by atoms with Crippen molar-refractivity contribution < 1.29 is 8.42 Å². The van der Waals surface area contributed by atoms with E-state index in [2.05, 4.69) is 46.7 Å². The summed E-state index contributed by atoms with van der Waals surface area (Å²) in [6.45, 7) is 7.97. The molecule has 8 heteroatoms. The second-order valence-electron chi connectivity index (χ2n) is 8.11.